The number of nitrogens with one attached hydrogen (secondary N) is 1. The maximum atomic E-state index is 12.5. The van der Waals surface area contributed by atoms with Crippen LogP contribution in [0.3, 0.4) is 0 Å². The second-order valence-corrected chi connectivity index (χ2v) is 8.01. The topological polar surface area (TPSA) is 79.4 Å². The lowest BCUT2D eigenvalue weighted by Gasteiger charge is -2.13. The van der Waals surface area contributed by atoms with Gasteiger partial charge in [-0.25, -0.2) is 4.98 Å². The summed E-state index contributed by atoms with van der Waals surface area (Å²) in [4.78, 5) is 43.2. The summed E-state index contributed by atoms with van der Waals surface area (Å²) in [6.07, 6.45) is 7.34. The Bertz CT molecular complexity index is 847. The molecule has 2 aromatic rings. The molecule has 0 unspecified atom stereocenters. The predicted octanol–water partition coefficient (Wildman–Crippen LogP) is 3.71. The number of rotatable bonds is 3. The molecule has 1 N–H and O–H groups in total. The highest BCUT2D eigenvalue weighted by Gasteiger charge is 2.30. The Morgan fingerprint density at radius 3 is 2.30 bits per heavy atom. The van der Waals surface area contributed by atoms with Crippen molar-refractivity contribution in [1.82, 2.24) is 4.98 Å². The first-order valence-electron chi connectivity index (χ1n) is 9.37. The zero-order valence-electron chi connectivity index (χ0n) is 15.0. The predicted molar refractivity (Wildman–Crippen MR) is 104 cm³/mol. The molecule has 1 aliphatic heterocycles. The number of carbonyl (C=O) groups is 3. The summed E-state index contributed by atoms with van der Waals surface area (Å²) in [7, 11) is 0. The van der Waals surface area contributed by atoms with Crippen LogP contribution >= 0.6 is 11.3 Å². The van der Waals surface area contributed by atoms with Crippen LogP contribution in [0.25, 0.3) is 0 Å². The summed E-state index contributed by atoms with van der Waals surface area (Å²) in [5, 5.41) is 3.52. The minimum Gasteiger partial charge on any atom is -0.298 e. The average molecular weight is 383 g/mol. The van der Waals surface area contributed by atoms with Crippen molar-refractivity contribution in [2.75, 3.05) is 10.2 Å². The number of hydrogen-bond donors (Lipinski definition) is 1. The molecule has 1 aromatic carbocycles. The zero-order valence-corrected chi connectivity index (χ0v) is 15.8. The van der Waals surface area contributed by atoms with E-state index in [4.69, 9.17) is 0 Å². The lowest BCUT2D eigenvalue weighted by Crippen LogP contribution is -2.28. The average Bonchev–Trinajstić information content (AvgIpc) is 3.17. The summed E-state index contributed by atoms with van der Waals surface area (Å²) in [6, 6.07) is 6.54. The fraction of sp³-hybridized carbons (Fsp3) is 0.400. The van der Waals surface area contributed by atoms with Crippen molar-refractivity contribution in [1.29, 1.82) is 0 Å². The Labute approximate surface area is 161 Å². The highest BCUT2D eigenvalue weighted by Crippen LogP contribution is 2.29. The van der Waals surface area contributed by atoms with Gasteiger partial charge in [-0.2, -0.15) is 0 Å². The number of carbonyl (C=O) groups excluding carboxylic acids is 3. The van der Waals surface area contributed by atoms with E-state index in [1.54, 1.807) is 35.6 Å². The Kier molecular flexibility index (Phi) is 5.03. The summed E-state index contributed by atoms with van der Waals surface area (Å²) in [5.74, 6) is -0.628. The summed E-state index contributed by atoms with van der Waals surface area (Å²) in [6.45, 7) is 0. The summed E-state index contributed by atoms with van der Waals surface area (Å²) >= 11 is 1.56. The van der Waals surface area contributed by atoms with E-state index in [0.29, 0.717) is 16.4 Å². The van der Waals surface area contributed by atoms with Gasteiger partial charge in [0, 0.05) is 23.3 Å². The number of amides is 3. The molecule has 0 bridgehead atoms. The van der Waals surface area contributed by atoms with Crippen LogP contribution < -0.4 is 10.2 Å². The van der Waals surface area contributed by atoms with E-state index in [1.807, 2.05) is 0 Å². The Morgan fingerprint density at radius 2 is 1.59 bits per heavy atom. The van der Waals surface area contributed by atoms with Crippen LogP contribution in [-0.4, -0.2) is 22.7 Å². The quantitative estimate of drug-likeness (QED) is 0.820. The molecule has 0 spiro atoms. The Balaban J connectivity index is 1.46. The lowest BCUT2D eigenvalue weighted by atomic mass is 10.0. The van der Waals surface area contributed by atoms with Crippen LogP contribution in [0.2, 0.25) is 0 Å². The molecule has 2 aliphatic rings. The van der Waals surface area contributed by atoms with Gasteiger partial charge in [-0.05, 0) is 49.9 Å². The number of nitrogens with zero attached hydrogens (tertiary/aromatic N) is 2. The van der Waals surface area contributed by atoms with Gasteiger partial charge in [0.25, 0.3) is 5.91 Å². The third kappa shape index (κ3) is 3.78. The minimum atomic E-state index is -0.234. The van der Waals surface area contributed by atoms with Crippen molar-refractivity contribution >= 4 is 39.9 Å². The second-order valence-electron chi connectivity index (χ2n) is 6.93. The Morgan fingerprint density at radius 1 is 0.926 bits per heavy atom. The van der Waals surface area contributed by atoms with Gasteiger partial charge in [0.1, 0.15) is 0 Å². The molecule has 6 nitrogen and oxygen atoms in total. The number of anilines is 2. The van der Waals surface area contributed by atoms with E-state index in [1.165, 1.54) is 29.0 Å². The van der Waals surface area contributed by atoms with E-state index in [2.05, 4.69) is 10.3 Å². The first kappa shape index (κ1) is 17.9. The van der Waals surface area contributed by atoms with Gasteiger partial charge in [-0.3, -0.25) is 24.6 Å². The van der Waals surface area contributed by atoms with E-state index in [9.17, 15) is 14.4 Å². The van der Waals surface area contributed by atoms with E-state index in [0.717, 1.165) is 25.0 Å². The zero-order chi connectivity index (χ0) is 18.8. The molecule has 1 fully saturated rings. The van der Waals surface area contributed by atoms with Gasteiger partial charge >= 0.3 is 0 Å². The van der Waals surface area contributed by atoms with Crippen LogP contribution in [-0.2, 0) is 22.4 Å². The van der Waals surface area contributed by atoms with Crippen molar-refractivity contribution in [3.63, 3.8) is 0 Å². The molecule has 140 valence electrons. The SMILES string of the molecule is O=C(Nc1nc2c(s1)CCCCCC2)c1ccc(N2C(=O)CCC2=O)cc1. The maximum Gasteiger partial charge on any atom is 0.257 e. The van der Waals surface area contributed by atoms with Gasteiger partial charge < -0.3 is 0 Å². The number of aryl methyl sites for hydroxylation is 2. The first-order valence-corrected chi connectivity index (χ1v) is 10.2. The fourth-order valence-corrected chi connectivity index (χ4v) is 4.60. The van der Waals surface area contributed by atoms with Crippen molar-refractivity contribution in [3.8, 4) is 0 Å². The molecule has 4 rings (SSSR count). The van der Waals surface area contributed by atoms with Crippen molar-refractivity contribution in [2.45, 2.75) is 51.4 Å². The smallest absolute Gasteiger partial charge is 0.257 e. The molecule has 27 heavy (non-hydrogen) atoms. The fourth-order valence-electron chi connectivity index (χ4n) is 3.55. The van der Waals surface area contributed by atoms with Crippen LogP contribution in [0, 0.1) is 0 Å². The highest BCUT2D eigenvalue weighted by molar-refractivity contribution is 7.15. The molecule has 3 amide bonds. The first-order chi connectivity index (χ1) is 13.1. The normalized spacial score (nSPS) is 17.4. The molecular weight excluding hydrogens is 362 g/mol. The molecule has 1 saturated heterocycles. The van der Waals surface area contributed by atoms with E-state index < -0.39 is 0 Å². The number of imide groups is 1. The van der Waals surface area contributed by atoms with Crippen LogP contribution in [0.5, 0.6) is 0 Å². The number of hydrogen-bond acceptors (Lipinski definition) is 5. The van der Waals surface area contributed by atoms with Crippen molar-refractivity contribution < 1.29 is 14.4 Å². The number of aromatic nitrogens is 1. The molecule has 1 aromatic heterocycles. The molecule has 0 atom stereocenters. The molecule has 7 heteroatoms. The van der Waals surface area contributed by atoms with Gasteiger partial charge in [0.2, 0.25) is 11.8 Å². The molecule has 1 aliphatic carbocycles. The third-order valence-corrected chi connectivity index (χ3v) is 6.08. The highest BCUT2D eigenvalue weighted by atomic mass is 32.1. The van der Waals surface area contributed by atoms with Crippen LogP contribution in [0.4, 0.5) is 10.8 Å². The van der Waals surface area contributed by atoms with Gasteiger partial charge in [-0.15, -0.1) is 11.3 Å². The monoisotopic (exact) mass is 383 g/mol. The van der Waals surface area contributed by atoms with E-state index >= 15 is 0 Å². The largest absolute Gasteiger partial charge is 0.298 e. The summed E-state index contributed by atoms with van der Waals surface area (Å²) < 4.78 is 0. The lowest BCUT2D eigenvalue weighted by molar-refractivity contribution is -0.121. The van der Waals surface area contributed by atoms with Gasteiger partial charge in [0.15, 0.2) is 5.13 Å². The number of fused-ring (bicyclic) bond motifs is 1. The molecule has 0 saturated carbocycles. The molecule has 2 heterocycles. The standard InChI is InChI=1S/C20H21N3O3S/c24-17-11-12-18(25)23(17)14-9-7-13(8-10-14)19(26)22-20-21-15-5-3-1-2-4-6-16(15)27-20/h7-10H,1-6,11-12H2,(H,21,22,26). The Hall–Kier alpha value is -2.54. The van der Waals surface area contributed by atoms with E-state index in [-0.39, 0.29) is 30.6 Å². The minimum absolute atomic E-state index is 0.197. The second kappa shape index (κ2) is 7.60. The third-order valence-electron chi connectivity index (χ3n) is 5.01. The van der Waals surface area contributed by atoms with Crippen molar-refractivity contribution in [2.24, 2.45) is 0 Å². The summed E-state index contributed by atoms with van der Waals surface area (Å²) in [5.41, 5.74) is 2.10. The maximum absolute atomic E-state index is 12.5. The van der Waals surface area contributed by atoms with Gasteiger partial charge in [-0.1, -0.05) is 12.8 Å². The number of benzene rings is 1. The van der Waals surface area contributed by atoms with Crippen LogP contribution in [0.15, 0.2) is 24.3 Å². The molecule has 0 radical (unpaired) electrons. The molecular formula is C20H21N3O3S. The van der Waals surface area contributed by atoms with Crippen molar-refractivity contribution in [3.05, 3.63) is 40.4 Å². The van der Waals surface area contributed by atoms with Gasteiger partial charge in [0.05, 0.1) is 11.4 Å². The van der Waals surface area contributed by atoms with Crippen LogP contribution in [0.1, 0.15) is 59.5 Å². The number of thiazole rings is 1.